The van der Waals surface area contributed by atoms with Gasteiger partial charge in [-0.05, 0) is 116 Å². The Hall–Kier alpha value is -3.53. The molecule has 0 amide bonds. The van der Waals surface area contributed by atoms with Crippen molar-refractivity contribution in [2.24, 2.45) is 0 Å². The number of esters is 3. The predicted molar refractivity (Wildman–Crippen MR) is 381 cm³/mol. The van der Waals surface area contributed by atoms with E-state index in [1.165, 1.54) is 96.3 Å². The lowest BCUT2D eigenvalue weighted by Crippen LogP contribution is -2.30. The summed E-state index contributed by atoms with van der Waals surface area (Å²) in [4.78, 5) is 58.4. The Morgan fingerprint density at radius 2 is 0.581 bits per heavy atom. The van der Waals surface area contributed by atoms with Gasteiger partial charge >= 0.3 is 33.6 Å². The zero-order chi connectivity index (χ0) is 68.1. The van der Waals surface area contributed by atoms with E-state index in [0.717, 1.165) is 148 Å². The number of carbonyl (C=O) groups is 3. The Bertz CT molecular complexity index is 2080. The zero-order valence-corrected chi connectivity index (χ0v) is 60.2. The number of carbonyl (C=O) groups excluding carboxylic acids is 3. The highest BCUT2D eigenvalue weighted by atomic mass is 31.2. The number of aliphatic hydroxyl groups excluding tert-OH is 2. The quantitative estimate of drug-likeness (QED) is 0.0146. The van der Waals surface area contributed by atoms with Crippen LogP contribution in [0.3, 0.4) is 0 Å². The molecule has 0 aliphatic carbocycles. The lowest BCUT2D eigenvalue weighted by Gasteiger charge is -2.21. The van der Waals surface area contributed by atoms with Crippen molar-refractivity contribution in [3.8, 4) is 0 Å². The van der Waals surface area contributed by atoms with Gasteiger partial charge in [-0.15, -0.1) is 0 Å². The van der Waals surface area contributed by atoms with Crippen molar-refractivity contribution in [2.45, 2.75) is 322 Å². The molecule has 0 saturated carbocycles. The standard InChI is InChI=1S/C75H132O16P2/c1-4-7-10-13-16-19-22-24-26-28-29-30-31-32-33-34-35-36-37-38-39-41-43-44-47-49-52-55-58-61-73(78)85-64-70(76)65-87-92(81,82)88-66-71(77)67-89-93(83,84)90-69-72(91-75(80)63-60-57-54-51-46-21-18-15-12-9-6-3)68-86-74(79)62-59-56-53-50-48-45-42-40-27-25-23-20-17-14-11-8-5-2/h8,11,15-20,24-27,29-30,32-33,70-72,76-77H,4-7,9-10,12-14,21-23,28,31,34-69H2,1-3H3,(H,81,82)(H,83,84)/b11-8-,18-15-,19-16-,20-17-,26-24-,27-25-,30-29-,33-32-. The van der Waals surface area contributed by atoms with E-state index in [0.29, 0.717) is 19.3 Å². The third-order valence-electron chi connectivity index (χ3n) is 15.3. The van der Waals surface area contributed by atoms with Crippen LogP contribution < -0.4 is 0 Å². The largest absolute Gasteiger partial charge is 0.472 e. The van der Waals surface area contributed by atoms with Gasteiger partial charge < -0.3 is 34.2 Å². The molecule has 538 valence electrons. The summed E-state index contributed by atoms with van der Waals surface area (Å²) in [6, 6.07) is 0. The van der Waals surface area contributed by atoms with Crippen molar-refractivity contribution in [1.82, 2.24) is 0 Å². The Kier molecular flexibility index (Phi) is 65.8. The van der Waals surface area contributed by atoms with Crippen molar-refractivity contribution >= 4 is 33.6 Å². The van der Waals surface area contributed by atoms with Crippen LogP contribution in [0.1, 0.15) is 303 Å². The van der Waals surface area contributed by atoms with Gasteiger partial charge in [0.25, 0.3) is 0 Å². The first kappa shape index (κ1) is 89.5. The molecule has 0 aromatic rings. The van der Waals surface area contributed by atoms with E-state index in [2.05, 4.69) is 118 Å². The minimum absolute atomic E-state index is 0.0919. The fraction of sp³-hybridized carbons (Fsp3) is 0.747. The Morgan fingerprint density at radius 1 is 0.312 bits per heavy atom. The van der Waals surface area contributed by atoms with Gasteiger partial charge in [0.1, 0.15) is 25.4 Å². The maximum atomic E-state index is 12.9. The van der Waals surface area contributed by atoms with Gasteiger partial charge in [0.05, 0.1) is 26.4 Å². The van der Waals surface area contributed by atoms with Crippen LogP contribution in [-0.4, -0.2) is 95.9 Å². The number of hydrogen-bond donors (Lipinski definition) is 4. The molecule has 5 atom stereocenters. The zero-order valence-electron chi connectivity index (χ0n) is 58.4. The lowest BCUT2D eigenvalue weighted by molar-refractivity contribution is -0.161. The minimum atomic E-state index is -4.92. The van der Waals surface area contributed by atoms with Gasteiger partial charge in [0.15, 0.2) is 6.10 Å². The molecule has 0 aromatic carbocycles. The molecule has 5 unspecified atom stereocenters. The number of aliphatic hydroxyl groups is 2. The SMILES string of the molecule is CC/C=C\C/C=C\C/C=C\CCCCCCCCCC(=O)OCC(COP(=O)(O)OCC(O)COP(=O)(O)OCC(O)COC(=O)CCCCCCCCCCCCCCC/C=C\C/C=C\C/C=C\C/C=C\CCCCC)OC(=O)CCCCCCC/C=C\CCCC. The van der Waals surface area contributed by atoms with Crippen molar-refractivity contribution < 1.29 is 75.8 Å². The van der Waals surface area contributed by atoms with E-state index in [4.69, 9.17) is 32.3 Å². The molecule has 0 heterocycles. The third-order valence-corrected chi connectivity index (χ3v) is 17.2. The molecule has 0 aliphatic rings. The second-order valence-corrected chi connectivity index (χ2v) is 27.3. The Balaban J connectivity index is 4.42. The summed E-state index contributed by atoms with van der Waals surface area (Å²) in [5.74, 6) is -1.59. The second-order valence-electron chi connectivity index (χ2n) is 24.4. The number of hydrogen-bond acceptors (Lipinski definition) is 14. The molecule has 0 aromatic heterocycles. The highest BCUT2D eigenvalue weighted by Gasteiger charge is 2.29. The maximum Gasteiger partial charge on any atom is 0.472 e. The fourth-order valence-electron chi connectivity index (χ4n) is 9.67. The summed E-state index contributed by atoms with van der Waals surface area (Å²) < 4.78 is 60.9. The van der Waals surface area contributed by atoms with Crippen LogP contribution in [-0.2, 0) is 55.8 Å². The first-order chi connectivity index (χ1) is 45.2. The summed E-state index contributed by atoms with van der Waals surface area (Å²) in [6.07, 6.45) is 76.2. The Morgan fingerprint density at radius 3 is 0.946 bits per heavy atom. The van der Waals surface area contributed by atoms with Crippen LogP contribution in [0, 0.1) is 0 Å². The normalized spacial score (nSPS) is 14.7. The molecule has 0 aliphatic heterocycles. The number of phosphoric acid groups is 2. The van der Waals surface area contributed by atoms with Crippen molar-refractivity contribution in [3.63, 3.8) is 0 Å². The summed E-state index contributed by atoms with van der Waals surface area (Å²) in [6.45, 7) is 2.48. The third kappa shape index (κ3) is 69.6. The molecule has 93 heavy (non-hydrogen) atoms. The van der Waals surface area contributed by atoms with Gasteiger partial charge in [0.2, 0.25) is 0 Å². The molecule has 0 fully saturated rings. The average Bonchev–Trinajstić information content (AvgIpc) is 2.35. The van der Waals surface area contributed by atoms with Crippen LogP contribution in [0.2, 0.25) is 0 Å². The van der Waals surface area contributed by atoms with Gasteiger partial charge in [-0.1, -0.05) is 266 Å². The summed E-state index contributed by atoms with van der Waals surface area (Å²) >= 11 is 0. The van der Waals surface area contributed by atoms with Gasteiger partial charge in [0, 0.05) is 19.3 Å². The predicted octanol–water partition coefficient (Wildman–Crippen LogP) is 20.6. The molecule has 0 spiro atoms. The Labute approximate surface area is 565 Å². The van der Waals surface area contributed by atoms with Crippen molar-refractivity contribution in [2.75, 3.05) is 39.6 Å². The molecule has 0 rings (SSSR count). The van der Waals surface area contributed by atoms with Crippen LogP contribution in [0.5, 0.6) is 0 Å². The second kappa shape index (κ2) is 68.4. The van der Waals surface area contributed by atoms with E-state index in [-0.39, 0.29) is 19.3 Å². The van der Waals surface area contributed by atoms with Crippen LogP contribution in [0.4, 0.5) is 0 Å². The molecule has 0 radical (unpaired) electrons. The fourth-order valence-corrected chi connectivity index (χ4v) is 11.3. The molecule has 16 nitrogen and oxygen atoms in total. The average molecular weight is 1350 g/mol. The van der Waals surface area contributed by atoms with Gasteiger partial charge in [-0.2, -0.15) is 0 Å². The first-order valence-corrected chi connectivity index (χ1v) is 39.5. The minimum Gasteiger partial charge on any atom is -0.463 e. The topological polar surface area (TPSA) is 231 Å². The smallest absolute Gasteiger partial charge is 0.463 e. The maximum absolute atomic E-state index is 12.9. The molecule has 0 bridgehead atoms. The number of rotatable bonds is 69. The van der Waals surface area contributed by atoms with Crippen LogP contribution in [0.25, 0.3) is 0 Å². The van der Waals surface area contributed by atoms with Gasteiger partial charge in [-0.3, -0.25) is 32.5 Å². The highest BCUT2D eigenvalue weighted by molar-refractivity contribution is 7.47. The van der Waals surface area contributed by atoms with E-state index in [9.17, 15) is 43.5 Å². The monoisotopic (exact) mass is 1350 g/mol. The van der Waals surface area contributed by atoms with Crippen molar-refractivity contribution in [3.05, 3.63) is 97.2 Å². The molecular weight excluding hydrogens is 1220 g/mol. The summed E-state index contributed by atoms with van der Waals surface area (Å²) in [5, 5.41) is 20.6. The number of unbranched alkanes of at least 4 members (excludes halogenated alkanes) is 30. The number of phosphoric ester groups is 2. The number of allylic oxidation sites excluding steroid dienone is 16. The highest BCUT2D eigenvalue weighted by Crippen LogP contribution is 2.45. The van der Waals surface area contributed by atoms with Crippen LogP contribution >= 0.6 is 15.6 Å². The first-order valence-electron chi connectivity index (χ1n) is 36.5. The van der Waals surface area contributed by atoms with Crippen molar-refractivity contribution in [1.29, 1.82) is 0 Å². The van der Waals surface area contributed by atoms with E-state index >= 15 is 0 Å². The molecule has 0 saturated heterocycles. The summed E-state index contributed by atoms with van der Waals surface area (Å²) in [7, 11) is -9.77. The molecule has 4 N–H and O–H groups in total. The summed E-state index contributed by atoms with van der Waals surface area (Å²) in [5.41, 5.74) is 0. The van der Waals surface area contributed by atoms with E-state index < -0.39 is 91.5 Å². The molecule has 18 heteroatoms. The number of ether oxygens (including phenoxy) is 3. The van der Waals surface area contributed by atoms with E-state index in [1.54, 1.807) is 0 Å². The van der Waals surface area contributed by atoms with Gasteiger partial charge in [-0.25, -0.2) is 9.13 Å². The molecular formula is C75H132O16P2. The lowest BCUT2D eigenvalue weighted by atomic mass is 10.0. The van der Waals surface area contributed by atoms with E-state index in [1.807, 2.05) is 0 Å². The van der Waals surface area contributed by atoms with Crippen LogP contribution in [0.15, 0.2) is 97.2 Å².